The van der Waals surface area contributed by atoms with Crippen LogP contribution in [0, 0.1) is 5.41 Å². The Labute approximate surface area is 88.9 Å². The molecule has 1 saturated heterocycles. The minimum Gasteiger partial charge on any atom is -0.409 e. The number of carbonyl (C=O) groups is 1. The number of nitrogens with zero attached hydrogens (tertiary/aromatic N) is 2. The van der Waals surface area contributed by atoms with Gasteiger partial charge in [0.25, 0.3) is 0 Å². The van der Waals surface area contributed by atoms with E-state index in [1.165, 1.54) is 6.42 Å². The van der Waals surface area contributed by atoms with Crippen LogP contribution in [0.3, 0.4) is 0 Å². The topological polar surface area (TPSA) is 78.9 Å². The third-order valence-corrected chi connectivity index (χ3v) is 3.40. The van der Waals surface area contributed by atoms with Crippen molar-refractivity contribution in [3.05, 3.63) is 0 Å². The molecule has 0 bridgehead atoms. The summed E-state index contributed by atoms with van der Waals surface area (Å²) >= 11 is 0. The zero-order valence-electron chi connectivity index (χ0n) is 8.78. The lowest BCUT2D eigenvalue weighted by atomic mass is 10.0. The van der Waals surface area contributed by atoms with Crippen molar-refractivity contribution in [2.75, 3.05) is 13.1 Å². The zero-order chi connectivity index (χ0) is 10.9. The van der Waals surface area contributed by atoms with Crippen LogP contribution in [0.2, 0.25) is 0 Å². The third kappa shape index (κ3) is 1.66. The summed E-state index contributed by atoms with van der Waals surface area (Å²) < 4.78 is 0. The maximum Gasteiger partial charge on any atom is 0.236 e. The molecule has 15 heavy (non-hydrogen) atoms. The largest absolute Gasteiger partial charge is 0.409 e. The number of likely N-dealkylation sites (tertiary alicyclic amines) is 1. The maximum absolute atomic E-state index is 12.1. The minimum absolute atomic E-state index is 0.0532. The molecule has 1 heterocycles. The summed E-state index contributed by atoms with van der Waals surface area (Å²) in [7, 11) is 0. The summed E-state index contributed by atoms with van der Waals surface area (Å²) in [6, 6.07) is 0. The predicted molar refractivity (Wildman–Crippen MR) is 55.5 cm³/mol. The van der Waals surface area contributed by atoms with Crippen LogP contribution in [0.15, 0.2) is 5.16 Å². The molecule has 0 aromatic rings. The molecular formula is C10H17N3O2. The van der Waals surface area contributed by atoms with Crippen LogP contribution in [0.5, 0.6) is 0 Å². The molecule has 0 radical (unpaired) electrons. The molecule has 2 fully saturated rings. The van der Waals surface area contributed by atoms with Crippen molar-refractivity contribution in [3.8, 4) is 0 Å². The lowest BCUT2D eigenvalue weighted by Crippen LogP contribution is -2.45. The van der Waals surface area contributed by atoms with Crippen molar-refractivity contribution >= 4 is 11.7 Å². The van der Waals surface area contributed by atoms with E-state index in [0.717, 1.165) is 38.8 Å². The Hall–Kier alpha value is -1.26. The van der Waals surface area contributed by atoms with E-state index in [2.05, 4.69) is 5.16 Å². The normalized spacial score (nSPS) is 25.1. The molecule has 1 aliphatic carbocycles. The highest BCUT2D eigenvalue weighted by Crippen LogP contribution is 2.47. The molecule has 84 valence electrons. The van der Waals surface area contributed by atoms with Gasteiger partial charge in [-0.1, -0.05) is 5.16 Å². The molecule has 2 rings (SSSR count). The highest BCUT2D eigenvalue weighted by atomic mass is 16.4. The van der Waals surface area contributed by atoms with Crippen LogP contribution in [0.4, 0.5) is 0 Å². The van der Waals surface area contributed by atoms with E-state index in [-0.39, 0.29) is 11.7 Å². The number of nitrogens with two attached hydrogens (primary N) is 1. The van der Waals surface area contributed by atoms with Gasteiger partial charge >= 0.3 is 0 Å². The first-order valence-electron chi connectivity index (χ1n) is 5.48. The monoisotopic (exact) mass is 211 g/mol. The van der Waals surface area contributed by atoms with Gasteiger partial charge in [-0.3, -0.25) is 4.79 Å². The first-order valence-corrected chi connectivity index (χ1v) is 5.48. The SMILES string of the molecule is NC(=NO)C1(C(=O)N2CCCCC2)CC1. The molecule has 0 unspecified atom stereocenters. The quantitative estimate of drug-likeness (QED) is 0.302. The van der Waals surface area contributed by atoms with Crippen molar-refractivity contribution in [1.82, 2.24) is 4.90 Å². The van der Waals surface area contributed by atoms with E-state index < -0.39 is 5.41 Å². The van der Waals surface area contributed by atoms with Gasteiger partial charge in [-0.25, -0.2) is 0 Å². The Kier molecular flexibility index (Phi) is 2.54. The molecular weight excluding hydrogens is 194 g/mol. The highest BCUT2D eigenvalue weighted by molar-refractivity contribution is 6.09. The Bertz CT molecular complexity index is 291. The molecule has 0 aromatic heterocycles. The number of rotatable bonds is 2. The minimum atomic E-state index is -0.661. The van der Waals surface area contributed by atoms with Crippen molar-refractivity contribution in [3.63, 3.8) is 0 Å². The standard InChI is InChI=1S/C10H17N3O2/c11-8(12-15)10(4-5-10)9(14)13-6-2-1-3-7-13/h15H,1-7H2,(H2,11,12). The molecule has 1 amide bonds. The fourth-order valence-electron chi connectivity index (χ4n) is 2.20. The van der Waals surface area contributed by atoms with Gasteiger partial charge in [0.1, 0.15) is 5.41 Å². The second kappa shape index (κ2) is 3.72. The van der Waals surface area contributed by atoms with E-state index in [1.54, 1.807) is 0 Å². The first kappa shape index (κ1) is 10.3. The van der Waals surface area contributed by atoms with Crippen LogP contribution in [0.25, 0.3) is 0 Å². The van der Waals surface area contributed by atoms with Crippen LogP contribution in [0.1, 0.15) is 32.1 Å². The van der Waals surface area contributed by atoms with Gasteiger partial charge in [-0.2, -0.15) is 0 Å². The summed E-state index contributed by atoms with van der Waals surface area (Å²) in [5.41, 5.74) is 4.91. The van der Waals surface area contributed by atoms with E-state index in [0.29, 0.717) is 0 Å². The predicted octanol–water partition coefficient (Wildman–Crippen LogP) is 0.525. The molecule has 5 nitrogen and oxygen atoms in total. The summed E-state index contributed by atoms with van der Waals surface area (Å²) in [6.45, 7) is 1.64. The number of amides is 1. The van der Waals surface area contributed by atoms with Crippen molar-refractivity contribution in [1.29, 1.82) is 0 Å². The maximum atomic E-state index is 12.1. The highest BCUT2D eigenvalue weighted by Gasteiger charge is 2.55. The second-order valence-corrected chi connectivity index (χ2v) is 4.42. The molecule has 2 aliphatic rings. The van der Waals surface area contributed by atoms with Crippen LogP contribution >= 0.6 is 0 Å². The molecule has 0 atom stereocenters. The number of piperidine rings is 1. The smallest absolute Gasteiger partial charge is 0.236 e. The van der Waals surface area contributed by atoms with Crippen molar-refractivity contribution < 1.29 is 10.0 Å². The Morgan fingerprint density at radius 2 is 1.87 bits per heavy atom. The van der Waals surface area contributed by atoms with Crippen molar-refractivity contribution in [2.24, 2.45) is 16.3 Å². The van der Waals surface area contributed by atoms with Crippen LogP contribution in [-0.4, -0.2) is 34.9 Å². The average Bonchev–Trinajstić information content (AvgIpc) is 3.09. The Morgan fingerprint density at radius 3 is 2.33 bits per heavy atom. The van der Waals surface area contributed by atoms with Crippen LogP contribution in [-0.2, 0) is 4.79 Å². The number of amidine groups is 1. The van der Waals surface area contributed by atoms with Gasteiger partial charge in [0.2, 0.25) is 5.91 Å². The Morgan fingerprint density at radius 1 is 1.27 bits per heavy atom. The number of hydrogen-bond acceptors (Lipinski definition) is 3. The molecule has 0 aromatic carbocycles. The summed E-state index contributed by atoms with van der Waals surface area (Å²) in [4.78, 5) is 14.0. The lowest BCUT2D eigenvalue weighted by molar-refractivity contribution is -0.135. The summed E-state index contributed by atoms with van der Waals surface area (Å²) in [5.74, 6) is 0.135. The third-order valence-electron chi connectivity index (χ3n) is 3.40. The van der Waals surface area contributed by atoms with Crippen molar-refractivity contribution in [2.45, 2.75) is 32.1 Å². The van der Waals surface area contributed by atoms with Gasteiger partial charge in [-0.15, -0.1) is 0 Å². The average molecular weight is 211 g/mol. The molecule has 0 spiro atoms. The van der Waals surface area contributed by atoms with E-state index in [1.807, 2.05) is 4.90 Å². The fourth-order valence-corrected chi connectivity index (χ4v) is 2.20. The van der Waals surface area contributed by atoms with Gasteiger partial charge < -0.3 is 15.8 Å². The number of oxime groups is 1. The van der Waals surface area contributed by atoms with Gasteiger partial charge in [0, 0.05) is 13.1 Å². The fraction of sp³-hybridized carbons (Fsp3) is 0.800. The first-order chi connectivity index (χ1) is 7.20. The number of hydrogen-bond donors (Lipinski definition) is 2. The Balaban J connectivity index is 2.07. The lowest BCUT2D eigenvalue weighted by Gasteiger charge is -2.30. The molecule has 3 N–H and O–H groups in total. The van der Waals surface area contributed by atoms with Gasteiger partial charge in [0.15, 0.2) is 5.84 Å². The van der Waals surface area contributed by atoms with Gasteiger partial charge in [0.05, 0.1) is 0 Å². The van der Waals surface area contributed by atoms with E-state index in [4.69, 9.17) is 10.9 Å². The molecule has 1 saturated carbocycles. The van der Waals surface area contributed by atoms with E-state index >= 15 is 0 Å². The molecule has 1 aliphatic heterocycles. The summed E-state index contributed by atoms with van der Waals surface area (Å²) in [6.07, 6.45) is 4.77. The van der Waals surface area contributed by atoms with Crippen LogP contribution < -0.4 is 5.73 Å². The second-order valence-electron chi connectivity index (χ2n) is 4.42. The molecule has 5 heteroatoms. The zero-order valence-corrected chi connectivity index (χ0v) is 8.78. The number of carbonyl (C=O) groups excluding carboxylic acids is 1. The summed E-state index contributed by atoms with van der Waals surface area (Å²) in [5, 5.41) is 11.6. The van der Waals surface area contributed by atoms with Gasteiger partial charge in [-0.05, 0) is 32.1 Å². The van der Waals surface area contributed by atoms with E-state index in [9.17, 15) is 4.79 Å².